The van der Waals surface area contributed by atoms with E-state index in [2.05, 4.69) is 43.5 Å². The fourth-order valence-electron chi connectivity index (χ4n) is 0.497. The molecule has 0 aliphatic heterocycles. The molecule has 50 valence electrons. The molecule has 0 bridgehead atoms. The highest BCUT2D eigenvalue weighted by molar-refractivity contribution is 14.1. The lowest BCUT2D eigenvalue weighted by Gasteiger charge is -1.92. The summed E-state index contributed by atoms with van der Waals surface area (Å²) in [5, 5.41) is 8.46. The van der Waals surface area contributed by atoms with Gasteiger partial charge in [-0.25, -0.2) is 4.98 Å². The maximum atomic E-state index is 8.46. The molecule has 1 aromatic heterocycles. The minimum absolute atomic E-state index is 0.431. The van der Waals surface area contributed by atoms with Crippen LogP contribution < -0.4 is 0 Å². The zero-order valence-corrected chi connectivity index (χ0v) is 8.55. The predicted octanol–water partition coefficient (Wildman–Crippen LogP) is 2.32. The summed E-state index contributed by atoms with van der Waals surface area (Å²) in [6.07, 6.45) is 1.66. The van der Waals surface area contributed by atoms with Crippen LogP contribution in [0.25, 0.3) is 0 Å². The van der Waals surface area contributed by atoms with Crippen molar-refractivity contribution in [3.8, 4) is 6.07 Å². The lowest BCUT2D eigenvalue weighted by atomic mass is 10.4. The minimum Gasteiger partial charge on any atom is -0.243 e. The van der Waals surface area contributed by atoms with Crippen LogP contribution in [0.4, 0.5) is 0 Å². The molecule has 10 heavy (non-hydrogen) atoms. The Morgan fingerprint density at radius 1 is 1.70 bits per heavy atom. The summed E-state index contributed by atoms with van der Waals surface area (Å²) in [5.74, 6) is 0. The van der Waals surface area contributed by atoms with Crippen molar-refractivity contribution in [2.24, 2.45) is 0 Å². The van der Waals surface area contributed by atoms with Crippen molar-refractivity contribution in [2.75, 3.05) is 0 Å². The molecule has 4 heteroatoms. The number of rotatable bonds is 0. The third-order valence-corrected chi connectivity index (χ3v) is 2.11. The highest BCUT2D eigenvalue weighted by atomic mass is 127. The number of aromatic nitrogens is 1. The second kappa shape index (κ2) is 3.30. The van der Waals surface area contributed by atoms with E-state index in [-0.39, 0.29) is 0 Å². The van der Waals surface area contributed by atoms with Crippen LogP contribution in [0.1, 0.15) is 5.69 Å². The van der Waals surface area contributed by atoms with E-state index in [1.807, 2.05) is 12.1 Å². The molecule has 0 N–H and O–H groups in total. The number of nitriles is 1. The summed E-state index contributed by atoms with van der Waals surface area (Å²) < 4.78 is 1.77. The summed E-state index contributed by atoms with van der Waals surface area (Å²) >= 11 is 5.35. The SMILES string of the molecule is N#Cc1ncc(I)cc1Br. The topological polar surface area (TPSA) is 36.7 Å². The Balaban J connectivity index is 3.23. The smallest absolute Gasteiger partial charge is 0.154 e. The van der Waals surface area contributed by atoms with Crippen molar-refractivity contribution in [2.45, 2.75) is 0 Å². The van der Waals surface area contributed by atoms with Gasteiger partial charge in [-0.3, -0.25) is 0 Å². The van der Waals surface area contributed by atoms with Gasteiger partial charge in [-0.05, 0) is 44.6 Å². The quantitative estimate of drug-likeness (QED) is 0.690. The summed E-state index contributed by atoms with van der Waals surface area (Å²) in [4.78, 5) is 3.88. The summed E-state index contributed by atoms with van der Waals surface area (Å²) in [5.41, 5.74) is 0.431. The summed E-state index contributed by atoms with van der Waals surface area (Å²) in [7, 11) is 0. The number of nitrogens with zero attached hydrogens (tertiary/aromatic N) is 2. The van der Waals surface area contributed by atoms with Gasteiger partial charge < -0.3 is 0 Å². The standard InChI is InChI=1S/C6H2BrIN2/c7-5-1-4(8)3-10-6(5)2-9/h1,3H. The fourth-order valence-corrected chi connectivity index (χ4v) is 1.81. The molecule has 0 unspecified atom stereocenters. The number of hydrogen-bond donors (Lipinski definition) is 0. The Kier molecular flexibility index (Phi) is 2.63. The second-order valence-corrected chi connectivity index (χ2v) is 3.70. The van der Waals surface area contributed by atoms with Gasteiger partial charge in [0.1, 0.15) is 6.07 Å². The molecule has 0 aliphatic rings. The van der Waals surface area contributed by atoms with Gasteiger partial charge in [0.2, 0.25) is 0 Å². The van der Waals surface area contributed by atoms with Crippen LogP contribution in [-0.4, -0.2) is 4.98 Å². The Labute approximate surface area is 80.5 Å². The van der Waals surface area contributed by atoms with Crippen LogP contribution in [0.5, 0.6) is 0 Å². The van der Waals surface area contributed by atoms with Crippen molar-refractivity contribution in [1.29, 1.82) is 5.26 Å². The molecule has 1 heterocycles. The van der Waals surface area contributed by atoms with E-state index in [4.69, 9.17) is 5.26 Å². The average Bonchev–Trinajstić information content (AvgIpc) is 1.88. The zero-order chi connectivity index (χ0) is 7.56. The molecule has 0 amide bonds. The van der Waals surface area contributed by atoms with Crippen molar-refractivity contribution in [3.63, 3.8) is 0 Å². The third kappa shape index (κ3) is 1.67. The molecule has 2 nitrogen and oxygen atoms in total. The maximum Gasteiger partial charge on any atom is 0.154 e. The van der Waals surface area contributed by atoms with Crippen LogP contribution in [0.3, 0.4) is 0 Å². The van der Waals surface area contributed by atoms with E-state index >= 15 is 0 Å². The maximum absolute atomic E-state index is 8.46. The molecule has 1 rings (SSSR count). The molecule has 0 aromatic carbocycles. The van der Waals surface area contributed by atoms with Crippen LogP contribution >= 0.6 is 38.5 Å². The van der Waals surface area contributed by atoms with Crippen LogP contribution in [-0.2, 0) is 0 Å². The number of hydrogen-bond acceptors (Lipinski definition) is 2. The predicted molar refractivity (Wildman–Crippen MR) is 49.4 cm³/mol. The first-order chi connectivity index (χ1) is 4.74. The first kappa shape index (κ1) is 7.95. The Morgan fingerprint density at radius 2 is 2.40 bits per heavy atom. The minimum atomic E-state index is 0.431. The average molecular weight is 309 g/mol. The number of pyridine rings is 1. The van der Waals surface area contributed by atoms with Gasteiger partial charge in [-0.1, -0.05) is 0 Å². The highest BCUT2D eigenvalue weighted by Gasteiger charge is 1.98. The monoisotopic (exact) mass is 308 g/mol. The van der Waals surface area contributed by atoms with Gasteiger partial charge in [-0.2, -0.15) is 5.26 Å². The molecule has 0 saturated carbocycles. The van der Waals surface area contributed by atoms with E-state index in [0.717, 1.165) is 8.04 Å². The van der Waals surface area contributed by atoms with Crippen LogP contribution in [0.2, 0.25) is 0 Å². The van der Waals surface area contributed by atoms with Crippen molar-refractivity contribution in [3.05, 3.63) is 26.0 Å². The third-order valence-electron chi connectivity index (χ3n) is 0.914. The molecular weight excluding hydrogens is 307 g/mol. The van der Waals surface area contributed by atoms with Crippen molar-refractivity contribution < 1.29 is 0 Å². The molecule has 0 spiro atoms. The molecule has 0 fully saturated rings. The van der Waals surface area contributed by atoms with E-state index in [1.165, 1.54) is 0 Å². The first-order valence-electron chi connectivity index (χ1n) is 2.45. The van der Waals surface area contributed by atoms with Crippen molar-refractivity contribution >= 4 is 38.5 Å². The lowest BCUT2D eigenvalue weighted by molar-refractivity contribution is 1.23. The molecule has 1 aromatic rings. The van der Waals surface area contributed by atoms with Crippen LogP contribution in [0, 0.1) is 14.9 Å². The van der Waals surface area contributed by atoms with Gasteiger partial charge in [0.05, 0.1) is 4.47 Å². The Hall–Kier alpha value is -0.150. The van der Waals surface area contributed by atoms with Crippen molar-refractivity contribution in [1.82, 2.24) is 4.98 Å². The Morgan fingerprint density at radius 3 is 2.90 bits per heavy atom. The van der Waals surface area contributed by atoms with Crippen LogP contribution in [0.15, 0.2) is 16.7 Å². The zero-order valence-electron chi connectivity index (χ0n) is 4.81. The van der Waals surface area contributed by atoms with Gasteiger partial charge in [-0.15, -0.1) is 0 Å². The molecule has 0 aliphatic carbocycles. The second-order valence-electron chi connectivity index (χ2n) is 1.60. The van der Waals surface area contributed by atoms with Gasteiger partial charge in [0.25, 0.3) is 0 Å². The molecular formula is C6H2BrIN2. The van der Waals surface area contributed by atoms with Gasteiger partial charge in [0.15, 0.2) is 5.69 Å². The summed E-state index contributed by atoms with van der Waals surface area (Å²) in [6, 6.07) is 3.81. The van der Waals surface area contributed by atoms with E-state index in [0.29, 0.717) is 5.69 Å². The highest BCUT2D eigenvalue weighted by Crippen LogP contribution is 2.15. The molecule has 0 saturated heterocycles. The lowest BCUT2D eigenvalue weighted by Crippen LogP contribution is -1.84. The number of halogens is 2. The van der Waals surface area contributed by atoms with E-state index in [9.17, 15) is 0 Å². The summed E-state index contributed by atoms with van der Waals surface area (Å²) in [6.45, 7) is 0. The molecule has 0 radical (unpaired) electrons. The normalized spacial score (nSPS) is 8.90. The fraction of sp³-hybridized carbons (Fsp3) is 0. The van der Waals surface area contributed by atoms with E-state index in [1.54, 1.807) is 6.20 Å². The Bertz CT molecular complexity index is 292. The van der Waals surface area contributed by atoms with E-state index < -0.39 is 0 Å². The van der Waals surface area contributed by atoms with Gasteiger partial charge in [0, 0.05) is 9.77 Å². The van der Waals surface area contributed by atoms with Gasteiger partial charge >= 0.3 is 0 Å². The largest absolute Gasteiger partial charge is 0.243 e. The first-order valence-corrected chi connectivity index (χ1v) is 4.32. The molecule has 0 atom stereocenters.